The SMILES string of the molecule is CN(CCNC1CCC(c2ccccc2)CC1)n1c(=O)oc2ccccc21. The Morgan fingerprint density at radius 3 is 2.52 bits per heavy atom. The molecule has 0 unspecified atom stereocenters. The lowest BCUT2D eigenvalue weighted by Gasteiger charge is -2.30. The first kappa shape index (κ1) is 17.9. The van der Waals surface area contributed by atoms with Gasteiger partial charge in [0.05, 0.1) is 0 Å². The highest BCUT2D eigenvalue weighted by Crippen LogP contribution is 2.32. The molecule has 1 N–H and O–H groups in total. The van der Waals surface area contributed by atoms with Crippen LogP contribution in [-0.2, 0) is 0 Å². The van der Waals surface area contributed by atoms with Gasteiger partial charge < -0.3 is 14.7 Å². The van der Waals surface area contributed by atoms with Crippen LogP contribution in [0.25, 0.3) is 11.1 Å². The van der Waals surface area contributed by atoms with Gasteiger partial charge in [-0.05, 0) is 49.3 Å². The largest absolute Gasteiger partial charge is 0.438 e. The molecule has 5 nitrogen and oxygen atoms in total. The second kappa shape index (κ2) is 8.01. The summed E-state index contributed by atoms with van der Waals surface area (Å²) in [5.74, 6) is 0.366. The molecule has 1 aliphatic carbocycles. The molecule has 1 heterocycles. The van der Waals surface area contributed by atoms with E-state index in [4.69, 9.17) is 4.42 Å². The summed E-state index contributed by atoms with van der Waals surface area (Å²) in [7, 11) is 1.93. The van der Waals surface area contributed by atoms with Crippen molar-refractivity contribution in [3.8, 4) is 0 Å². The van der Waals surface area contributed by atoms with Crippen molar-refractivity contribution in [2.24, 2.45) is 0 Å². The molecule has 2 aromatic carbocycles. The van der Waals surface area contributed by atoms with E-state index in [9.17, 15) is 4.79 Å². The molecule has 0 spiro atoms. The molecule has 0 bridgehead atoms. The fraction of sp³-hybridized carbons (Fsp3) is 0.409. The van der Waals surface area contributed by atoms with Crippen molar-refractivity contribution in [3.05, 3.63) is 70.7 Å². The Morgan fingerprint density at radius 2 is 1.74 bits per heavy atom. The van der Waals surface area contributed by atoms with Gasteiger partial charge in [-0.15, -0.1) is 0 Å². The number of rotatable bonds is 6. The maximum absolute atomic E-state index is 12.1. The van der Waals surface area contributed by atoms with Crippen LogP contribution in [0.1, 0.15) is 37.2 Å². The lowest BCUT2D eigenvalue weighted by atomic mass is 9.82. The molecule has 0 aliphatic heterocycles. The first-order valence-electron chi connectivity index (χ1n) is 9.82. The van der Waals surface area contributed by atoms with Crippen LogP contribution < -0.4 is 16.1 Å². The predicted molar refractivity (Wildman–Crippen MR) is 109 cm³/mol. The number of likely N-dealkylation sites (N-methyl/N-ethyl adjacent to an activating group) is 1. The monoisotopic (exact) mass is 365 g/mol. The van der Waals surface area contributed by atoms with E-state index in [-0.39, 0.29) is 5.76 Å². The molecule has 0 amide bonds. The van der Waals surface area contributed by atoms with E-state index < -0.39 is 0 Å². The predicted octanol–water partition coefficient (Wildman–Crippen LogP) is 3.48. The summed E-state index contributed by atoms with van der Waals surface area (Å²) in [6.45, 7) is 1.60. The standard InChI is InChI=1S/C22H27N3O2/c1-24(25-20-9-5-6-10-21(20)27-22(25)26)16-15-23-19-13-11-18(12-14-19)17-7-3-2-4-8-17/h2-10,18-19,23H,11-16H2,1H3. The molecule has 27 heavy (non-hydrogen) atoms. The lowest BCUT2D eigenvalue weighted by molar-refractivity contribution is 0.342. The zero-order valence-corrected chi connectivity index (χ0v) is 15.8. The summed E-state index contributed by atoms with van der Waals surface area (Å²) in [5, 5.41) is 5.59. The molecule has 1 fully saturated rings. The Kier molecular flexibility index (Phi) is 5.30. The number of oxazole rings is 1. The third kappa shape index (κ3) is 3.93. The Balaban J connectivity index is 1.28. The summed E-state index contributed by atoms with van der Waals surface area (Å²) in [6.07, 6.45) is 4.89. The van der Waals surface area contributed by atoms with Crippen LogP contribution in [0.3, 0.4) is 0 Å². The highest BCUT2D eigenvalue weighted by molar-refractivity contribution is 5.72. The van der Waals surface area contributed by atoms with E-state index >= 15 is 0 Å². The minimum absolute atomic E-state index is 0.331. The molecule has 1 saturated carbocycles. The van der Waals surface area contributed by atoms with E-state index in [2.05, 4.69) is 35.6 Å². The van der Waals surface area contributed by atoms with Gasteiger partial charge in [-0.3, -0.25) is 0 Å². The smallest absolute Gasteiger partial charge is 0.406 e. The van der Waals surface area contributed by atoms with Gasteiger partial charge in [0.15, 0.2) is 5.58 Å². The Morgan fingerprint density at radius 1 is 1.04 bits per heavy atom. The highest BCUT2D eigenvalue weighted by atomic mass is 16.4. The number of para-hydroxylation sites is 2. The quantitative estimate of drug-likeness (QED) is 0.727. The van der Waals surface area contributed by atoms with E-state index in [0.29, 0.717) is 17.5 Å². The fourth-order valence-electron chi connectivity index (χ4n) is 4.16. The number of hydrogen-bond acceptors (Lipinski definition) is 4. The molecular weight excluding hydrogens is 338 g/mol. The van der Waals surface area contributed by atoms with Gasteiger partial charge in [0.2, 0.25) is 0 Å². The molecule has 4 rings (SSSR count). The van der Waals surface area contributed by atoms with Gasteiger partial charge in [-0.1, -0.05) is 42.5 Å². The van der Waals surface area contributed by atoms with E-state index in [1.165, 1.54) is 31.2 Å². The summed E-state index contributed by atoms with van der Waals surface area (Å²) in [5.41, 5.74) is 2.91. The molecule has 0 saturated heterocycles. The van der Waals surface area contributed by atoms with Crippen molar-refractivity contribution in [3.63, 3.8) is 0 Å². The number of nitrogens with zero attached hydrogens (tertiary/aromatic N) is 2. The highest BCUT2D eigenvalue weighted by Gasteiger charge is 2.22. The van der Waals surface area contributed by atoms with Gasteiger partial charge in [-0.2, -0.15) is 4.68 Å². The zero-order valence-electron chi connectivity index (χ0n) is 15.8. The van der Waals surface area contributed by atoms with Crippen molar-refractivity contribution in [2.75, 3.05) is 25.1 Å². The van der Waals surface area contributed by atoms with Crippen molar-refractivity contribution in [2.45, 2.75) is 37.6 Å². The van der Waals surface area contributed by atoms with Crippen LogP contribution in [0.5, 0.6) is 0 Å². The average Bonchev–Trinajstić information content (AvgIpc) is 3.05. The van der Waals surface area contributed by atoms with E-state index in [0.717, 1.165) is 18.6 Å². The number of nitrogens with one attached hydrogen (secondary N) is 1. The Labute approximate surface area is 159 Å². The summed E-state index contributed by atoms with van der Waals surface area (Å²) < 4.78 is 6.93. The van der Waals surface area contributed by atoms with Gasteiger partial charge in [0.1, 0.15) is 5.52 Å². The van der Waals surface area contributed by atoms with E-state index in [1.807, 2.05) is 36.3 Å². The van der Waals surface area contributed by atoms with Crippen LogP contribution in [0, 0.1) is 0 Å². The topological polar surface area (TPSA) is 50.4 Å². The molecular formula is C22H27N3O2. The van der Waals surface area contributed by atoms with E-state index in [1.54, 1.807) is 4.68 Å². The summed E-state index contributed by atoms with van der Waals surface area (Å²) in [6, 6.07) is 19.0. The first-order valence-corrected chi connectivity index (χ1v) is 9.82. The van der Waals surface area contributed by atoms with Crippen LogP contribution in [-0.4, -0.2) is 30.9 Å². The van der Waals surface area contributed by atoms with Crippen molar-refractivity contribution >= 4 is 11.1 Å². The maximum Gasteiger partial charge on any atom is 0.438 e. The minimum Gasteiger partial charge on any atom is -0.406 e. The average molecular weight is 365 g/mol. The molecule has 142 valence electrons. The third-order valence-corrected chi connectivity index (χ3v) is 5.67. The number of hydrogen-bond donors (Lipinski definition) is 1. The second-order valence-electron chi connectivity index (χ2n) is 7.44. The lowest BCUT2D eigenvalue weighted by Crippen LogP contribution is -2.43. The van der Waals surface area contributed by atoms with Gasteiger partial charge in [0, 0.05) is 26.2 Å². The van der Waals surface area contributed by atoms with Crippen LogP contribution >= 0.6 is 0 Å². The van der Waals surface area contributed by atoms with Crippen LogP contribution in [0.4, 0.5) is 0 Å². The Bertz CT molecular complexity index is 923. The van der Waals surface area contributed by atoms with Crippen molar-refractivity contribution in [1.82, 2.24) is 9.99 Å². The van der Waals surface area contributed by atoms with Crippen LogP contribution in [0.2, 0.25) is 0 Å². The maximum atomic E-state index is 12.1. The molecule has 0 radical (unpaired) electrons. The van der Waals surface area contributed by atoms with Crippen molar-refractivity contribution < 1.29 is 4.42 Å². The fourth-order valence-corrected chi connectivity index (χ4v) is 4.16. The zero-order chi connectivity index (χ0) is 18.6. The number of benzene rings is 2. The van der Waals surface area contributed by atoms with Gasteiger partial charge in [0.25, 0.3) is 0 Å². The summed E-state index contributed by atoms with van der Waals surface area (Å²) in [4.78, 5) is 12.1. The van der Waals surface area contributed by atoms with Gasteiger partial charge >= 0.3 is 5.76 Å². The third-order valence-electron chi connectivity index (χ3n) is 5.67. The summed E-state index contributed by atoms with van der Waals surface area (Å²) >= 11 is 0. The van der Waals surface area contributed by atoms with Crippen molar-refractivity contribution in [1.29, 1.82) is 0 Å². The molecule has 0 atom stereocenters. The Hall–Kier alpha value is -2.53. The molecule has 1 aliphatic rings. The first-order chi connectivity index (χ1) is 13.2. The number of fused-ring (bicyclic) bond motifs is 1. The van der Waals surface area contributed by atoms with Gasteiger partial charge in [-0.25, -0.2) is 4.79 Å². The number of aromatic nitrogens is 1. The molecule has 5 heteroatoms. The molecule has 1 aromatic heterocycles. The molecule has 3 aromatic rings. The van der Waals surface area contributed by atoms with Crippen LogP contribution in [0.15, 0.2) is 63.8 Å². The normalized spacial score (nSPS) is 20.0. The minimum atomic E-state index is -0.331. The second-order valence-corrected chi connectivity index (χ2v) is 7.44.